The fourth-order valence-corrected chi connectivity index (χ4v) is 3.62. The summed E-state index contributed by atoms with van der Waals surface area (Å²) in [6.45, 7) is 0. The van der Waals surface area contributed by atoms with E-state index in [9.17, 15) is 8.78 Å². The molecule has 0 bridgehead atoms. The molecule has 0 saturated carbocycles. The van der Waals surface area contributed by atoms with Crippen LogP contribution in [0.5, 0.6) is 0 Å². The first kappa shape index (κ1) is 12.1. The van der Waals surface area contributed by atoms with Gasteiger partial charge >= 0.3 is 0 Å². The zero-order valence-electron chi connectivity index (χ0n) is 8.04. The van der Waals surface area contributed by atoms with Crippen molar-refractivity contribution in [3.05, 3.63) is 50.6 Å². The number of hydrogen-bond acceptors (Lipinski definition) is 2. The van der Waals surface area contributed by atoms with Gasteiger partial charge in [0.2, 0.25) is 0 Å². The third-order valence-corrected chi connectivity index (χ3v) is 4.80. The monoisotopic (exact) mass is 320 g/mol. The Morgan fingerprint density at radius 2 is 2.00 bits per heavy atom. The van der Waals surface area contributed by atoms with Crippen molar-refractivity contribution in [2.24, 2.45) is 0 Å². The summed E-state index contributed by atoms with van der Waals surface area (Å²) in [5.74, 6) is -0.347. The van der Waals surface area contributed by atoms with Crippen molar-refractivity contribution in [2.75, 3.05) is 0 Å². The van der Waals surface area contributed by atoms with Crippen LogP contribution >= 0.6 is 39.0 Å². The predicted molar refractivity (Wildman–Crippen MR) is 67.9 cm³/mol. The summed E-state index contributed by atoms with van der Waals surface area (Å²) >= 11 is 6.35. The Bertz CT molecular complexity index is 496. The molecule has 0 unspecified atom stereocenters. The molecule has 0 N–H and O–H groups in total. The first-order valence-electron chi connectivity index (χ1n) is 4.47. The Kier molecular flexibility index (Phi) is 4.00. The van der Waals surface area contributed by atoms with E-state index >= 15 is 0 Å². The molecule has 0 aliphatic heterocycles. The highest BCUT2D eigenvalue weighted by Gasteiger charge is 2.05. The summed E-state index contributed by atoms with van der Waals surface area (Å²) < 4.78 is 27.0. The van der Waals surface area contributed by atoms with Crippen LogP contribution in [0.15, 0.2) is 39.0 Å². The second-order valence-electron chi connectivity index (χ2n) is 3.07. The number of halogens is 3. The van der Waals surface area contributed by atoms with Crippen LogP contribution in [-0.4, -0.2) is 0 Å². The topological polar surface area (TPSA) is 0 Å². The molecule has 0 nitrogen and oxygen atoms in total. The fraction of sp³-hybridized carbons (Fsp3) is 0.0909. The first-order valence-corrected chi connectivity index (χ1v) is 7.07. The average molecular weight is 321 g/mol. The van der Waals surface area contributed by atoms with Crippen molar-refractivity contribution in [3.8, 4) is 0 Å². The van der Waals surface area contributed by atoms with E-state index in [2.05, 4.69) is 15.9 Å². The zero-order valence-corrected chi connectivity index (χ0v) is 11.3. The lowest BCUT2D eigenvalue weighted by molar-refractivity contribution is 0.565. The number of hydrogen-bond donors (Lipinski definition) is 0. The quantitative estimate of drug-likeness (QED) is 0.710. The van der Waals surface area contributed by atoms with Crippen LogP contribution in [0.3, 0.4) is 0 Å². The Morgan fingerprint density at radius 1 is 1.19 bits per heavy atom. The molecule has 0 radical (unpaired) electrons. The first-order chi connectivity index (χ1) is 7.65. The van der Waals surface area contributed by atoms with Crippen molar-refractivity contribution >= 4 is 39.0 Å². The molecule has 0 aliphatic rings. The lowest BCUT2D eigenvalue weighted by atomic mass is 10.3. The van der Waals surface area contributed by atoms with Crippen molar-refractivity contribution in [3.63, 3.8) is 0 Å². The molecule has 0 amide bonds. The van der Waals surface area contributed by atoms with E-state index in [1.165, 1.54) is 23.9 Å². The normalized spacial score (nSPS) is 10.7. The molecule has 2 rings (SSSR count). The molecular formula is C11H7BrF2S2. The summed E-state index contributed by atoms with van der Waals surface area (Å²) in [6, 6.07) is 7.60. The van der Waals surface area contributed by atoms with Gasteiger partial charge in [-0.25, -0.2) is 8.78 Å². The molecular weight excluding hydrogens is 314 g/mol. The van der Waals surface area contributed by atoms with E-state index in [0.29, 0.717) is 10.6 Å². The average Bonchev–Trinajstić information content (AvgIpc) is 2.63. The van der Waals surface area contributed by atoms with Gasteiger partial charge in [-0.2, -0.15) is 0 Å². The second-order valence-corrected chi connectivity index (χ2v) is 6.63. The van der Waals surface area contributed by atoms with E-state index in [4.69, 9.17) is 0 Å². The van der Waals surface area contributed by atoms with E-state index in [-0.39, 0.29) is 0 Å². The van der Waals surface area contributed by atoms with E-state index in [1.54, 1.807) is 11.3 Å². The number of thioether (sulfide) groups is 1. The Labute approximate surface area is 109 Å². The highest BCUT2D eigenvalue weighted by atomic mass is 79.9. The maximum absolute atomic E-state index is 13.3. The molecule has 0 fully saturated rings. The van der Waals surface area contributed by atoms with E-state index in [0.717, 1.165) is 14.7 Å². The minimum atomic E-state index is -0.541. The van der Waals surface area contributed by atoms with Crippen molar-refractivity contribution in [1.29, 1.82) is 0 Å². The van der Waals surface area contributed by atoms with Gasteiger partial charge in [-0.15, -0.1) is 23.1 Å². The number of thiophene rings is 1. The van der Waals surface area contributed by atoms with Gasteiger partial charge in [0, 0.05) is 21.6 Å². The summed E-state index contributed by atoms with van der Waals surface area (Å²) in [7, 11) is 0. The molecule has 0 saturated heterocycles. The molecule has 5 heteroatoms. The van der Waals surface area contributed by atoms with Crippen LogP contribution in [0.25, 0.3) is 0 Å². The van der Waals surface area contributed by atoms with Crippen LogP contribution < -0.4 is 0 Å². The van der Waals surface area contributed by atoms with Gasteiger partial charge in [0.05, 0.1) is 3.79 Å². The van der Waals surface area contributed by atoms with E-state index < -0.39 is 11.6 Å². The Balaban J connectivity index is 2.04. The van der Waals surface area contributed by atoms with E-state index in [1.807, 2.05) is 12.1 Å². The SMILES string of the molecule is Fc1ccc(SCc2ccc(Br)s2)c(F)c1. The smallest absolute Gasteiger partial charge is 0.139 e. The van der Waals surface area contributed by atoms with Gasteiger partial charge in [0.1, 0.15) is 11.6 Å². The van der Waals surface area contributed by atoms with Crippen LogP contribution in [0.2, 0.25) is 0 Å². The van der Waals surface area contributed by atoms with Crippen molar-refractivity contribution in [2.45, 2.75) is 10.6 Å². The third kappa shape index (κ3) is 3.06. The standard InChI is InChI=1S/C11H7BrF2S2/c12-11-4-2-8(16-11)6-15-10-3-1-7(13)5-9(10)14/h1-5H,6H2. The minimum Gasteiger partial charge on any atom is -0.207 e. The molecule has 2 aromatic rings. The lowest BCUT2D eigenvalue weighted by Crippen LogP contribution is -1.83. The third-order valence-electron chi connectivity index (χ3n) is 1.89. The van der Waals surface area contributed by atoms with Crippen molar-refractivity contribution in [1.82, 2.24) is 0 Å². The Morgan fingerprint density at radius 3 is 2.62 bits per heavy atom. The number of benzene rings is 1. The molecule has 0 aliphatic carbocycles. The molecule has 1 aromatic carbocycles. The molecule has 1 aromatic heterocycles. The Hall–Kier alpha value is -0.390. The molecule has 1 heterocycles. The lowest BCUT2D eigenvalue weighted by Gasteiger charge is -2.01. The summed E-state index contributed by atoms with van der Waals surface area (Å²) in [4.78, 5) is 1.63. The van der Waals surface area contributed by atoms with Gasteiger partial charge in [-0.3, -0.25) is 0 Å². The van der Waals surface area contributed by atoms with Crippen molar-refractivity contribution < 1.29 is 8.78 Å². The van der Waals surface area contributed by atoms with Gasteiger partial charge in [-0.1, -0.05) is 0 Å². The van der Waals surface area contributed by atoms with Crippen LogP contribution in [-0.2, 0) is 5.75 Å². The summed E-state index contributed by atoms with van der Waals surface area (Å²) in [6.07, 6.45) is 0. The van der Waals surface area contributed by atoms with Crippen LogP contribution in [0.1, 0.15) is 4.88 Å². The van der Waals surface area contributed by atoms with Crippen LogP contribution in [0, 0.1) is 11.6 Å². The maximum atomic E-state index is 13.3. The van der Waals surface area contributed by atoms with Gasteiger partial charge in [-0.05, 0) is 40.2 Å². The fourth-order valence-electron chi connectivity index (χ4n) is 1.17. The molecule has 0 atom stereocenters. The number of rotatable bonds is 3. The van der Waals surface area contributed by atoms with Gasteiger partial charge in [0.25, 0.3) is 0 Å². The highest BCUT2D eigenvalue weighted by Crippen LogP contribution is 2.30. The minimum absolute atomic E-state index is 0.478. The molecule has 84 valence electrons. The summed E-state index contributed by atoms with van der Waals surface area (Å²) in [5.41, 5.74) is 0. The molecule has 16 heavy (non-hydrogen) atoms. The maximum Gasteiger partial charge on any atom is 0.139 e. The highest BCUT2D eigenvalue weighted by molar-refractivity contribution is 9.11. The van der Waals surface area contributed by atoms with Crippen LogP contribution in [0.4, 0.5) is 8.78 Å². The van der Waals surface area contributed by atoms with Gasteiger partial charge < -0.3 is 0 Å². The second kappa shape index (κ2) is 5.29. The summed E-state index contributed by atoms with van der Waals surface area (Å²) in [5, 5.41) is 0. The largest absolute Gasteiger partial charge is 0.207 e. The van der Waals surface area contributed by atoms with Gasteiger partial charge in [0.15, 0.2) is 0 Å². The zero-order chi connectivity index (χ0) is 11.5. The molecule has 0 spiro atoms. The predicted octanol–water partition coefficient (Wildman–Crippen LogP) is 5.08.